The van der Waals surface area contributed by atoms with E-state index in [9.17, 15) is 0 Å². The topological polar surface area (TPSA) is 43.0 Å². The lowest BCUT2D eigenvalue weighted by molar-refractivity contribution is 0.425. The third-order valence-electron chi connectivity index (χ3n) is 3.03. The van der Waals surface area contributed by atoms with Gasteiger partial charge in [0.05, 0.1) is 12.2 Å². The summed E-state index contributed by atoms with van der Waals surface area (Å²) in [6.07, 6.45) is 4.90. The van der Waals surface area contributed by atoms with E-state index in [0.717, 1.165) is 36.6 Å². The quantitative estimate of drug-likeness (QED) is 0.853. The molecule has 0 aliphatic rings. The van der Waals surface area contributed by atoms with E-state index < -0.39 is 0 Å². The van der Waals surface area contributed by atoms with Gasteiger partial charge in [-0.25, -0.2) is 0 Å². The highest BCUT2D eigenvalue weighted by Gasteiger charge is 2.18. The lowest BCUT2D eigenvalue weighted by Crippen LogP contribution is -2.21. The van der Waals surface area contributed by atoms with E-state index in [0.29, 0.717) is 0 Å². The maximum Gasteiger partial charge on any atom is 0.125 e. The van der Waals surface area contributed by atoms with Gasteiger partial charge in [-0.05, 0) is 25.6 Å². The van der Waals surface area contributed by atoms with Crippen molar-refractivity contribution in [3.05, 3.63) is 41.6 Å². The number of nitrogens with zero attached hydrogens (tertiary/aromatic N) is 2. The first kappa shape index (κ1) is 12.9. The lowest BCUT2D eigenvalue weighted by Gasteiger charge is -2.13. The van der Waals surface area contributed by atoms with Gasteiger partial charge in [-0.2, -0.15) is 5.10 Å². The van der Waals surface area contributed by atoms with Crippen molar-refractivity contribution >= 4 is 0 Å². The summed E-state index contributed by atoms with van der Waals surface area (Å²) in [6, 6.07) is 4.19. The summed E-state index contributed by atoms with van der Waals surface area (Å²) in [4.78, 5) is 0. The molecule has 4 nitrogen and oxygen atoms in total. The van der Waals surface area contributed by atoms with Crippen LogP contribution in [0.1, 0.15) is 43.9 Å². The van der Waals surface area contributed by atoms with Crippen molar-refractivity contribution < 1.29 is 4.42 Å². The summed E-state index contributed by atoms with van der Waals surface area (Å²) in [5.74, 6) is 1.99. The van der Waals surface area contributed by atoms with Gasteiger partial charge in [0.25, 0.3) is 0 Å². The van der Waals surface area contributed by atoms with Crippen molar-refractivity contribution in [2.45, 2.75) is 39.8 Å². The molecule has 4 heteroatoms. The number of aromatic nitrogens is 2. The van der Waals surface area contributed by atoms with Crippen LogP contribution in [0.25, 0.3) is 0 Å². The first-order chi connectivity index (χ1) is 8.78. The van der Waals surface area contributed by atoms with Crippen LogP contribution in [0, 0.1) is 0 Å². The van der Waals surface area contributed by atoms with E-state index in [1.165, 1.54) is 0 Å². The molecule has 1 unspecified atom stereocenters. The molecule has 1 N–H and O–H groups in total. The highest BCUT2D eigenvalue weighted by molar-refractivity contribution is 5.23. The molecule has 0 saturated heterocycles. The van der Waals surface area contributed by atoms with E-state index >= 15 is 0 Å². The van der Waals surface area contributed by atoms with Crippen LogP contribution in [0.4, 0.5) is 0 Å². The van der Waals surface area contributed by atoms with Gasteiger partial charge in [0.1, 0.15) is 11.5 Å². The summed E-state index contributed by atoms with van der Waals surface area (Å²) >= 11 is 0. The van der Waals surface area contributed by atoms with Gasteiger partial charge in [0, 0.05) is 24.7 Å². The summed E-state index contributed by atoms with van der Waals surface area (Å²) in [5, 5.41) is 7.77. The minimum atomic E-state index is 0.0931. The molecule has 2 rings (SSSR count). The fourth-order valence-corrected chi connectivity index (χ4v) is 2.03. The average Bonchev–Trinajstić information content (AvgIpc) is 3.04. The molecule has 0 aliphatic carbocycles. The van der Waals surface area contributed by atoms with E-state index in [4.69, 9.17) is 4.42 Å². The highest BCUT2D eigenvalue weighted by Crippen LogP contribution is 2.23. The minimum Gasteiger partial charge on any atom is -0.464 e. The number of furan rings is 1. The van der Waals surface area contributed by atoms with Crippen molar-refractivity contribution in [1.29, 1.82) is 0 Å². The monoisotopic (exact) mass is 247 g/mol. The molecule has 0 bridgehead atoms. The van der Waals surface area contributed by atoms with Gasteiger partial charge < -0.3 is 9.73 Å². The maximum atomic E-state index is 5.85. The van der Waals surface area contributed by atoms with Crippen LogP contribution in [0.2, 0.25) is 0 Å². The van der Waals surface area contributed by atoms with E-state index in [1.807, 2.05) is 16.9 Å². The Bertz CT molecular complexity index is 444. The Kier molecular flexibility index (Phi) is 4.20. The standard InChI is InChI=1S/C14H21N3O/c1-4-12-7-8-13(18-12)14(15-5-2)11-9-16-17(6-3)10-11/h7-10,14-15H,4-6H2,1-3H3. The summed E-state index contributed by atoms with van der Waals surface area (Å²) < 4.78 is 7.78. The Balaban J connectivity index is 2.26. The molecule has 0 saturated carbocycles. The van der Waals surface area contributed by atoms with Crippen LogP contribution in [0.3, 0.4) is 0 Å². The van der Waals surface area contributed by atoms with Crippen LogP contribution in [0.15, 0.2) is 28.9 Å². The molecule has 0 amide bonds. The Morgan fingerprint density at radius 1 is 1.33 bits per heavy atom. The zero-order chi connectivity index (χ0) is 13.0. The van der Waals surface area contributed by atoms with Crippen LogP contribution < -0.4 is 5.32 Å². The third kappa shape index (κ3) is 2.64. The molecule has 0 fully saturated rings. The Hall–Kier alpha value is -1.55. The molecule has 98 valence electrons. The summed E-state index contributed by atoms with van der Waals surface area (Å²) in [5.41, 5.74) is 1.15. The molecule has 0 spiro atoms. The van der Waals surface area contributed by atoms with Gasteiger partial charge in [0.15, 0.2) is 0 Å². The predicted molar refractivity (Wildman–Crippen MR) is 71.5 cm³/mol. The predicted octanol–water partition coefficient (Wildman–Crippen LogP) is 2.76. The van der Waals surface area contributed by atoms with Crippen LogP contribution in [0.5, 0.6) is 0 Å². The number of rotatable bonds is 6. The molecule has 2 heterocycles. The van der Waals surface area contributed by atoms with E-state index in [1.54, 1.807) is 0 Å². The second-order valence-electron chi connectivity index (χ2n) is 4.28. The fraction of sp³-hybridized carbons (Fsp3) is 0.500. The molecule has 0 aliphatic heterocycles. The second kappa shape index (κ2) is 5.87. The Morgan fingerprint density at radius 2 is 2.17 bits per heavy atom. The third-order valence-corrected chi connectivity index (χ3v) is 3.03. The van der Waals surface area contributed by atoms with E-state index in [2.05, 4.69) is 43.4 Å². The molecule has 18 heavy (non-hydrogen) atoms. The largest absolute Gasteiger partial charge is 0.464 e. The molecule has 2 aromatic rings. The first-order valence-corrected chi connectivity index (χ1v) is 6.62. The van der Waals surface area contributed by atoms with Gasteiger partial charge >= 0.3 is 0 Å². The van der Waals surface area contributed by atoms with E-state index in [-0.39, 0.29) is 6.04 Å². The van der Waals surface area contributed by atoms with Crippen LogP contribution >= 0.6 is 0 Å². The first-order valence-electron chi connectivity index (χ1n) is 6.62. The van der Waals surface area contributed by atoms with Crippen molar-refractivity contribution in [3.63, 3.8) is 0 Å². The molecular formula is C14H21N3O. The van der Waals surface area contributed by atoms with Gasteiger partial charge in [-0.15, -0.1) is 0 Å². The SMILES string of the molecule is CCNC(c1cnn(CC)c1)c1ccc(CC)o1. The number of nitrogens with one attached hydrogen (secondary N) is 1. The summed E-state index contributed by atoms with van der Waals surface area (Å²) in [7, 11) is 0. The zero-order valence-corrected chi connectivity index (χ0v) is 11.3. The normalized spacial score (nSPS) is 12.8. The van der Waals surface area contributed by atoms with Crippen molar-refractivity contribution in [2.24, 2.45) is 0 Å². The molecule has 1 atom stereocenters. The van der Waals surface area contributed by atoms with Gasteiger partial charge in [0.2, 0.25) is 0 Å². The number of aryl methyl sites for hydroxylation is 2. The van der Waals surface area contributed by atoms with Crippen molar-refractivity contribution in [1.82, 2.24) is 15.1 Å². The Morgan fingerprint density at radius 3 is 2.72 bits per heavy atom. The van der Waals surface area contributed by atoms with Crippen molar-refractivity contribution in [3.8, 4) is 0 Å². The maximum absolute atomic E-state index is 5.85. The number of hydrogen-bond donors (Lipinski definition) is 1. The highest BCUT2D eigenvalue weighted by atomic mass is 16.3. The minimum absolute atomic E-state index is 0.0931. The zero-order valence-electron chi connectivity index (χ0n) is 11.3. The van der Waals surface area contributed by atoms with Crippen LogP contribution in [-0.4, -0.2) is 16.3 Å². The smallest absolute Gasteiger partial charge is 0.125 e. The van der Waals surface area contributed by atoms with Gasteiger partial charge in [-0.1, -0.05) is 13.8 Å². The number of hydrogen-bond acceptors (Lipinski definition) is 3. The molecule has 0 radical (unpaired) electrons. The fourth-order valence-electron chi connectivity index (χ4n) is 2.03. The molecule has 0 aromatic carbocycles. The van der Waals surface area contributed by atoms with Crippen molar-refractivity contribution in [2.75, 3.05) is 6.54 Å². The second-order valence-corrected chi connectivity index (χ2v) is 4.28. The summed E-state index contributed by atoms with van der Waals surface area (Å²) in [6.45, 7) is 8.06. The van der Waals surface area contributed by atoms with Crippen LogP contribution in [-0.2, 0) is 13.0 Å². The molecular weight excluding hydrogens is 226 g/mol. The average molecular weight is 247 g/mol. The Labute approximate surface area is 108 Å². The molecule has 2 aromatic heterocycles. The lowest BCUT2D eigenvalue weighted by atomic mass is 10.1. The van der Waals surface area contributed by atoms with Gasteiger partial charge in [-0.3, -0.25) is 4.68 Å².